The molecular formula is C18H13Cl2N3O2. The number of amides is 1. The van der Waals surface area contributed by atoms with Crippen LogP contribution in [-0.4, -0.2) is 21.5 Å². The minimum Gasteiger partial charge on any atom is -0.320 e. The van der Waals surface area contributed by atoms with Gasteiger partial charge in [0.15, 0.2) is 11.5 Å². The maximum atomic E-state index is 12.8. The number of halogens is 2. The van der Waals surface area contributed by atoms with Crippen molar-refractivity contribution in [3.8, 4) is 0 Å². The fourth-order valence-corrected chi connectivity index (χ4v) is 2.72. The van der Waals surface area contributed by atoms with Crippen molar-refractivity contribution in [1.29, 1.82) is 0 Å². The fourth-order valence-electron chi connectivity index (χ4n) is 2.33. The summed E-state index contributed by atoms with van der Waals surface area (Å²) in [5, 5.41) is 7.45. The van der Waals surface area contributed by atoms with Gasteiger partial charge < -0.3 is 5.32 Å². The van der Waals surface area contributed by atoms with Crippen LogP contribution in [0.4, 0.5) is 5.69 Å². The molecule has 0 aliphatic carbocycles. The monoisotopic (exact) mass is 373 g/mol. The van der Waals surface area contributed by atoms with Crippen LogP contribution in [0.1, 0.15) is 26.4 Å². The molecule has 0 saturated heterocycles. The largest absolute Gasteiger partial charge is 0.320 e. The van der Waals surface area contributed by atoms with Crippen molar-refractivity contribution in [3.63, 3.8) is 0 Å². The van der Waals surface area contributed by atoms with Crippen molar-refractivity contribution < 1.29 is 9.59 Å². The number of nitrogens with zero attached hydrogens (tertiary/aromatic N) is 2. The summed E-state index contributed by atoms with van der Waals surface area (Å²) in [5.41, 5.74) is 1.17. The number of carbonyl (C=O) groups is 2. The van der Waals surface area contributed by atoms with E-state index in [9.17, 15) is 9.59 Å². The zero-order valence-corrected chi connectivity index (χ0v) is 14.7. The third kappa shape index (κ3) is 3.73. The van der Waals surface area contributed by atoms with Crippen molar-refractivity contribution in [2.24, 2.45) is 7.05 Å². The molecule has 1 amide bonds. The van der Waals surface area contributed by atoms with E-state index in [1.54, 1.807) is 55.7 Å². The Labute approximate surface area is 154 Å². The third-order valence-corrected chi connectivity index (χ3v) is 4.10. The fraction of sp³-hybridized carbons (Fsp3) is 0.0556. The summed E-state index contributed by atoms with van der Waals surface area (Å²) < 4.78 is 1.52. The van der Waals surface area contributed by atoms with Crippen molar-refractivity contribution in [2.45, 2.75) is 0 Å². The van der Waals surface area contributed by atoms with Crippen LogP contribution in [0.2, 0.25) is 10.0 Å². The van der Waals surface area contributed by atoms with E-state index in [0.717, 1.165) is 0 Å². The minimum absolute atomic E-state index is 0.244. The molecule has 0 aliphatic heterocycles. The number of aromatic nitrogens is 2. The zero-order valence-electron chi connectivity index (χ0n) is 13.2. The predicted molar refractivity (Wildman–Crippen MR) is 97.5 cm³/mol. The Morgan fingerprint density at radius 1 is 1.04 bits per heavy atom. The van der Waals surface area contributed by atoms with Gasteiger partial charge in [0.1, 0.15) is 0 Å². The van der Waals surface area contributed by atoms with Gasteiger partial charge in [-0.05, 0) is 36.4 Å². The molecule has 0 aliphatic rings. The molecule has 126 valence electrons. The Bertz CT molecular complexity index is 966. The number of hydrogen-bond acceptors (Lipinski definition) is 3. The molecule has 3 aromatic rings. The number of rotatable bonds is 4. The van der Waals surface area contributed by atoms with Gasteiger partial charge in [-0.3, -0.25) is 14.3 Å². The van der Waals surface area contributed by atoms with Crippen LogP contribution in [0.25, 0.3) is 0 Å². The number of anilines is 1. The van der Waals surface area contributed by atoms with Crippen LogP contribution >= 0.6 is 23.2 Å². The molecule has 1 aromatic heterocycles. The lowest BCUT2D eigenvalue weighted by molar-refractivity contribution is 0.102. The van der Waals surface area contributed by atoms with E-state index in [2.05, 4.69) is 10.4 Å². The van der Waals surface area contributed by atoms with Crippen LogP contribution in [0, 0.1) is 0 Å². The molecule has 25 heavy (non-hydrogen) atoms. The normalized spacial score (nSPS) is 10.5. The second-order valence-electron chi connectivity index (χ2n) is 5.33. The minimum atomic E-state index is -0.420. The van der Waals surface area contributed by atoms with E-state index in [1.807, 2.05) is 0 Å². The number of aryl methyl sites for hydroxylation is 1. The highest BCUT2D eigenvalue weighted by molar-refractivity contribution is 6.36. The van der Waals surface area contributed by atoms with Gasteiger partial charge in [0, 0.05) is 29.4 Å². The van der Waals surface area contributed by atoms with E-state index in [-0.39, 0.29) is 17.0 Å². The maximum Gasteiger partial charge on any atom is 0.276 e. The van der Waals surface area contributed by atoms with Gasteiger partial charge >= 0.3 is 0 Å². The SMILES string of the molecule is Cn1ccc(C(=O)Nc2ccc(Cl)cc2C(=O)c2ccccc2Cl)n1. The first kappa shape index (κ1) is 17.2. The summed E-state index contributed by atoms with van der Waals surface area (Å²) in [4.78, 5) is 25.2. The summed E-state index contributed by atoms with van der Waals surface area (Å²) in [5.74, 6) is -0.749. The van der Waals surface area contributed by atoms with Crippen molar-refractivity contribution in [1.82, 2.24) is 9.78 Å². The van der Waals surface area contributed by atoms with E-state index in [0.29, 0.717) is 21.3 Å². The average Bonchev–Trinajstić information content (AvgIpc) is 3.03. The highest BCUT2D eigenvalue weighted by atomic mass is 35.5. The number of nitrogens with one attached hydrogen (secondary N) is 1. The Hall–Kier alpha value is -2.63. The number of ketones is 1. The molecule has 0 atom stereocenters. The first-order chi connectivity index (χ1) is 12.0. The molecule has 2 aromatic carbocycles. The second kappa shape index (κ2) is 7.09. The van der Waals surface area contributed by atoms with E-state index in [4.69, 9.17) is 23.2 Å². The molecule has 1 heterocycles. The molecule has 0 fully saturated rings. The van der Waals surface area contributed by atoms with E-state index >= 15 is 0 Å². The molecule has 0 saturated carbocycles. The Morgan fingerprint density at radius 2 is 1.80 bits per heavy atom. The molecule has 1 N–H and O–H groups in total. The quantitative estimate of drug-likeness (QED) is 0.696. The molecule has 0 radical (unpaired) electrons. The topological polar surface area (TPSA) is 64.0 Å². The van der Waals surface area contributed by atoms with Crippen LogP contribution < -0.4 is 5.32 Å². The van der Waals surface area contributed by atoms with Gasteiger partial charge in [0.25, 0.3) is 5.91 Å². The van der Waals surface area contributed by atoms with Gasteiger partial charge in [-0.1, -0.05) is 35.3 Å². The third-order valence-electron chi connectivity index (χ3n) is 3.54. The van der Waals surface area contributed by atoms with Crippen LogP contribution in [-0.2, 0) is 7.05 Å². The highest BCUT2D eigenvalue weighted by Gasteiger charge is 2.19. The summed E-state index contributed by atoms with van der Waals surface area (Å²) in [6.45, 7) is 0. The van der Waals surface area contributed by atoms with Crippen LogP contribution in [0.5, 0.6) is 0 Å². The highest BCUT2D eigenvalue weighted by Crippen LogP contribution is 2.26. The smallest absolute Gasteiger partial charge is 0.276 e. The van der Waals surface area contributed by atoms with Gasteiger partial charge in [-0.15, -0.1) is 0 Å². The summed E-state index contributed by atoms with van der Waals surface area (Å²) in [7, 11) is 1.71. The van der Waals surface area contributed by atoms with Gasteiger partial charge in [0.2, 0.25) is 0 Å². The predicted octanol–water partition coefficient (Wildman–Crippen LogP) is 4.21. The summed E-state index contributed by atoms with van der Waals surface area (Å²) >= 11 is 12.1. The molecule has 3 rings (SSSR count). The summed E-state index contributed by atoms with van der Waals surface area (Å²) in [6.07, 6.45) is 1.66. The van der Waals surface area contributed by atoms with E-state index in [1.165, 1.54) is 10.7 Å². The summed E-state index contributed by atoms with van der Waals surface area (Å²) in [6, 6.07) is 13.0. The van der Waals surface area contributed by atoms with Gasteiger partial charge in [-0.25, -0.2) is 0 Å². The molecule has 0 bridgehead atoms. The Kier molecular flexibility index (Phi) is 4.88. The van der Waals surface area contributed by atoms with E-state index < -0.39 is 5.91 Å². The number of hydrogen-bond donors (Lipinski definition) is 1. The van der Waals surface area contributed by atoms with Gasteiger partial charge in [-0.2, -0.15) is 5.10 Å². The first-order valence-corrected chi connectivity index (χ1v) is 8.11. The van der Waals surface area contributed by atoms with Crippen LogP contribution in [0.15, 0.2) is 54.7 Å². The lowest BCUT2D eigenvalue weighted by atomic mass is 10.0. The van der Waals surface area contributed by atoms with Gasteiger partial charge in [0.05, 0.1) is 10.7 Å². The first-order valence-electron chi connectivity index (χ1n) is 7.35. The van der Waals surface area contributed by atoms with Crippen molar-refractivity contribution in [3.05, 3.63) is 81.6 Å². The standard InChI is InChI=1S/C18H13Cl2N3O2/c1-23-9-8-16(22-23)18(25)21-15-7-6-11(19)10-13(15)17(24)12-4-2-3-5-14(12)20/h2-10H,1H3,(H,21,25). The molecule has 0 spiro atoms. The Morgan fingerprint density at radius 3 is 2.48 bits per heavy atom. The molecule has 5 nitrogen and oxygen atoms in total. The average molecular weight is 374 g/mol. The van der Waals surface area contributed by atoms with Crippen LogP contribution in [0.3, 0.4) is 0 Å². The van der Waals surface area contributed by atoms with Crippen molar-refractivity contribution >= 4 is 40.6 Å². The molecular weight excluding hydrogens is 361 g/mol. The number of carbonyl (C=O) groups excluding carboxylic acids is 2. The number of benzene rings is 2. The second-order valence-corrected chi connectivity index (χ2v) is 6.17. The lowest BCUT2D eigenvalue weighted by Gasteiger charge is -2.11. The molecule has 7 heteroatoms. The van der Waals surface area contributed by atoms with Crippen molar-refractivity contribution in [2.75, 3.05) is 5.32 Å². The lowest BCUT2D eigenvalue weighted by Crippen LogP contribution is -2.16. The Balaban J connectivity index is 1.97. The molecule has 0 unspecified atom stereocenters. The zero-order chi connectivity index (χ0) is 18.0. The maximum absolute atomic E-state index is 12.8.